The summed E-state index contributed by atoms with van der Waals surface area (Å²) < 4.78 is 32.2. The van der Waals surface area contributed by atoms with E-state index in [4.69, 9.17) is 0 Å². The molecule has 0 heterocycles. The number of guanidine groups is 1. The zero-order valence-corrected chi connectivity index (χ0v) is 14.4. The van der Waals surface area contributed by atoms with E-state index in [9.17, 15) is 13.0 Å². The normalized spacial score (nSPS) is 11.0. The highest BCUT2D eigenvalue weighted by Gasteiger charge is 2.03. The Hall–Kier alpha value is -2.38. The first-order valence-electron chi connectivity index (χ1n) is 7.47. The van der Waals surface area contributed by atoms with Gasteiger partial charge in [-0.05, 0) is 38.1 Å². The Kier molecular flexibility index (Phi) is 5.94. The van der Waals surface area contributed by atoms with Crippen LogP contribution in [0.4, 0.5) is 11.4 Å². The molecule has 0 radical (unpaired) electrons. The molecule has 2 rings (SSSR count). The minimum absolute atomic E-state index is 0.112. The Morgan fingerprint density at radius 2 is 1.33 bits per heavy atom. The summed E-state index contributed by atoms with van der Waals surface area (Å²) in [5, 5.41) is 6.20. The van der Waals surface area contributed by atoms with Crippen molar-refractivity contribution in [3.63, 3.8) is 0 Å². The maximum atomic E-state index is 10.7. The van der Waals surface area contributed by atoms with Crippen LogP contribution < -0.4 is 10.6 Å². The summed E-state index contributed by atoms with van der Waals surface area (Å²) in [5.74, 6) is -0.159. The molecule has 7 heteroatoms. The molecule has 0 unspecified atom stereocenters. The van der Waals surface area contributed by atoms with Crippen molar-refractivity contribution in [2.45, 2.75) is 13.8 Å². The number of hydrogen-bond donors (Lipinski definition) is 2. The van der Waals surface area contributed by atoms with E-state index in [1.807, 2.05) is 62.4 Å². The molecule has 0 bridgehead atoms. The molecule has 0 fully saturated rings. The average molecular weight is 346 g/mol. The zero-order valence-electron chi connectivity index (χ0n) is 13.6. The molecular weight excluding hydrogens is 326 g/mol. The van der Waals surface area contributed by atoms with Gasteiger partial charge in [-0.1, -0.05) is 35.4 Å². The second kappa shape index (κ2) is 7.94. The highest BCUT2D eigenvalue weighted by atomic mass is 32.2. The van der Waals surface area contributed by atoms with Crippen LogP contribution in [0.25, 0.3) is 0 Å². The average Bonchev–Trinajstić information content (AvgIpc) is 2.50. The van der Waals surface area contributed by atoms with Crippen molar-refractivity contribution in [3.05, 3.63) is 59.7 Å². The number of anilines is 2. The molecule has 2 aromatic carbocycles. The topological polar surface area (TPSA) is 93.6 Å². The van der Waals surface area contributed by atoms with Crippen LogP contribution >= 0.6 is 0 Å². The van der Waals surface area contributed by atoms with Gasteiger partial charge in [-0.25, -0.2) is 8.42 Å². The first-order valence-corrected chi connectivity index (χ1v) is 9.05. The monoisotopic (exact) mass is 346 g/mol. The van der Waals surface area contributed by atoms with Gasteiger partial charge in [-0.2, -0.15) is 0 Å². The number of nitrogens with zero attached hydrogens (tertiary/aromatic N) is 1. The Labute approximate surface area is 142 Å². The minimum Gasteiger partial charge on any atom is -0.748 e. The number of aryl methyl sites for hydroxylation is 2. The summed E-state index contributed by atoms with van der Waals surface area (Å²) in [7, 11) is -4.29. The highest BCUT2D eigenvalue weighted by Crippen LogP contribution is 2.12. The van der Waals surface area contributed by atoms with Crippen molar-refractivity contribution in [2.75, 3.05) is 22.9 Å². The predicted molar refractivity (Wildman–Crippen MR) is 96.5 cm³/mol. The van der Waals surface area contributed by atoms with Gasteiger partial charge < -0.3 is 15.2 Å². The molecule has 0 spiro atoms. The van der Waals surface area contributed by atoms with Crippen molar-refractivity contribution in [2.24, 2.45) is 4.99 Å². The van der Waals surface area contributed by atoms with Gasteiger partial charge in [0.1, 0.15) is 0 Å². The molecule has 0 saturated carbocycles. The van der Waals surface area contributed by atoms with Crippen molar-refractivity contribution in [1.29, 1.82) is 0 Å². The van der Waals surface area contributed by atoms with Gasteiger partial charge in [0.15, 0.2) is 5.96 Å². The number of aliphatic imine (C=N–C) groups is 1. The molecule has 0 amide bonds. The molecule has 2 aromatic rings. The second-order valence-electron chi connectivity index (χ2n) is 5.47. The molecule has 0 aliphatic heterocycles. The molecule has 0 aliphatic carbocycles. The first-order chi connectivity index (χ1) is 11.3. The minimum atomic E-state index is -4.29. The lowest BCUT2D eigenvalue weighted by molar-refractivity contribution is 0.463. The van der Waals surface area contributed by atoms with Crippen LogP contribution in [0.5, 0.6) is 0 Å². The summed E-state index contributed by atoms with van der Waals surface area (Å²) in [4.78, 5) is 4.16. The molecule has 24 heavy (non-hydrogen) atoms. The lowest BCUT2D eigenvalue weighted by Crippen LogP contribution is -2.23. The van der Waals surface area contributed by atoms with Gasteiger partial charge >= 0.3 is 0 Å². The third-order valence-electron chi connectivity index (χ3n) is 3.24. The summed E-state index contributed by atoms with van der Waals surface area (Å²) in [6, 6.07) is 15.4. The fourth-order valence-electron chi connectivity index (χ4n) is 1.93. The van der Waals surface area contributed by atoms with Gasteiger partial charge in [-0.15, -0.1) is 0 Å². The van der Waals surface area contributed by atoms with Crippen LogP contribution in [0.3, 0.4) is 0 Å². The second-order valence-corrected chi connectivity index (χ2v) is 7.00. The number of rotatable bonds is 5. The van der Waals surface area contributed by atoms with E-state index in [-0.39, 0.29) is 6.54 Å². The summed E-state index contributed by atoms with van der Waals surface area (Å²) in [6.45, 7) is 3.86. The Morgan fingerprint density at radius 3 is 1.71 bits per heavy atom. The molecule has 0 aromatic heterocycles. The fraction of sp³-hybridized carbons (Fsp3) is 0.235. The molecular formula is C17H20N3O3S-. The lowest BCUT2D eigenvalue weighted by atomic mass is 10.2. The quantitative estimate of drug-likeness (QED) is 0.493. The summed E-state index contributed by atoms with van der Waals surface area (Å²) in [5.41, 5.74) is 3.87. The molecule has 2 N–H and O–H groups in total. The van der Waals surface area contributed by atoms with Crippen LogP contribution in [0.2, 0.25) is 0 Å². The maximum absolute atomic E-state index is 10.7. The molecule has 0 aliphatic rings. The third kappa shape index (κ3) is 6.39. The fourth-order valence-corrected chi connectivity index (χ4v) is 2.24. The van der Waals surface area contributed by atoms with Crippen LogP contribution in [0.15, 0.2) is 53.5 Å². The molecule has 0 saturated heterocycles. The zero-order chi connectivity index (χ0) is 17.6. The van der Waals surface area contributed by atoms with Crippen molar-refractivity contribution >= 4 is 27.5 Å². The predicted octanol–water partition coefficient (Wildman–Crippen LogP) is 2.73. The van der Waals surface area contributed by atoms with E-state index < -0.39 is 15.9 Å². The van der Waals surface area contributed by atoms with E-state index in [2.05, 4.69) is 15.6 Å². The SMILES string of the molecule is Cc1ccc(NC(=NCCS(=O)(=O)[O-])Nc2ccc(C)cc2)cc1. The van der Waals surface area contributed by atoms with Crippen molar-refractivity contribution < 1.29 is 13.0 Å². The van der Waals surface area contributed by atoms with E-state index >= 15 is 0 Å². The smallest absolute Gasteiger partial charge is 0.200 e. The van der Waals surface area contributed by atoms with Gasteiger partial charge in [0.25, 0.3) is 0 Å². The van der Waals surface area contributed by atoms with E-state index in [0.29, 0.717) is 5.96 Å². The van der Waals surface area contributed by atoms with Crippen molar-refractivity contribution in [3.8, 4) is 0 Å². The molecule has 6 nitrogen and oxygen atoms in total. The van der Waals surface area contributed by atoms with Crippen LogP contribution in [-0.2, 0) is 10.1 Å². The van der Waals surface area contributed by atoms with Crippen LogP contribution in [0, 0.1) is 13.8 Å². The first kappa shape index (κ1) is 18.0. The van der Waals surface area contributed by atoms with Crippen molar-refractivity contribution in [1.82, 2.24) is 0 Å². The van der Waals surface area contributed by atoms with E-state index in [0.717, 1.165) is 22.5 Å². The molecule has 0 atom stereocenters. The maximum Gasteiger partial charge on any atom is 0.200 e. The van der Waals surface area contributed by atoms with E-state index in [1.165, 1.54) is 0 Å². The van der Waals surface area contributed by atoms with Gasteiger partial charge in [0.2, 0.25) is 0 Å². The van der Waals surface area contributed by atoms with Gasteiger partial charge in [0, 0.05) is 11.4 Å². The lowest BCUT2D eigenvalue weighted by Gasteiger charge is -2.13. The van der Waals surface area contributed by atoms with E-state index in [1.54, 1.807) is 0 Å². The summed E-state index contributed by atoms with van der Waals surface area (Å²) >= 11 is 0. The number of nitrogens with one attached hydrogen (secondary N) is 2. The number of hydrogen-bond acceptors (Lipinski definition) is 4. The Morgan fingerprint density at radius 1 is 0.917 bits per heavy atom. The Balaban J connectivity index is 2.14. The van der Waals surface area contributed by atoms with Gasteiger partial charge in [-0.3, -0.25) is 4.99 Å². The van der Waals surface area contributed by atoms with Crippen LogP contribution in [0.1, 0.15) is 11.1 Å². The highest BCUT2D eigenvalue weighted by molar-refractivity contribution is 7.85. The molecule has 128 valence electrons. The van der Waals surface area contributed by atoms with Gasteiger partial charge in [0.05, 0.1) is 22.4 Å². The Bertz CT molecular complexity index is 748. The summed E-state index contributed by atoms with van der Waals surface area (Å²) in [6.07, 6.45) is 0. The standard InChI is InChI=1S/C17H21N3O3S/c1-13-3-7-15(8-4-13)19-17(18-11-12-24(21,22)23)20-16-9-5-14(2)6-10-16/h3-10H,11-12H2,1-2H3,(H2,18,19,20)(H,21,22,23)/p-1. The third-order valence-corrected chi connectivity index (χ3v) is 3.92. The van der Waals surface area contributed by atoms with Crippen LogP contribution in [-0.4, -0.2) is 31.2 Å². The largest absolute Gasteiger partial charge is 0.748 e. The number of benzene rings is 2.